The SMILES string of the molecule is Cc1ccc(C2=C(N3CCCc4ccccc43)C(=O)N(Cc3ccccc3)C2=O)c(C)c1. The number of nitrogens with zero attached hydrogens (tertiary/aromatic N) is 2. The second-order valence-corrected chi connectivity index (χ2v) is 8.61. The lowest BCUT2D eigenvalue weighted by atomic mass is 9.95. The fourth-order valence-electron chi connectivity index (χ4n) is 4.83. The topological polar surface area (TPSA) is 40.6 Å². The highest BCUT2D eigenvalue weighted by molar-refractivity contribution is 6.37. The van der Waals surface area contributed by atoms with Crippen LogP contribution >= 0.6 is 0 Å². The van der Waals surface area contributed by atoms with Gasteiger partial charge in [-0.2, -0.15) is 0 Å². The Bertz CT molecular complexity index is 1240. The Morgan fingerprint density at radius 1 is 0.844 bits per heavy atom. The van der Waals surface area contributed by atoms with Crippen molar-refractivity contribution in [1.82, 2.24) is 4.90 Å². The molecular weight excluding hydrogens is 396 g/mol. The van der Waals surface area contributed by atoms with Crippen molar-refractivity contribution in [3.05, 3.63) is 106 Å². The molecular formula is C28H26N2O2. The van der Waals surface area contributed by atoms with Crippen LogP contribution in [0.1, 0.15) is 34.2 Å². The molecule has 32 heavy (non-hydrogen) atoms. The van der Waals surface area contributed by atoms with Crippen molar-refractivity contribution in [2.75, 3.05) is 11.4 Å². The van der Waals surface area contributed by atoms with E-state index in [1.165, 1.54) is 10.5 Å². The lowest BCUT2D eigenvalue weighted by Crippen LogP contribution is -2.36. The maximum Gasteiger partial charge on any atom is 0.278 e. The highest BCUT2D eigenvalue weighted by Crippen LogP contribution is 2.39. The summed E-state index contributed by atoms with van der Waals surface area (Å²) in [4.78, 5) is 31.0. The van der Waals surface area contributed by atoms with Crippen molar-refractivity contribution in [1.29, 1.82) is 0 Å². The molecule has 5 rings (SSSR count). The fourth-order valence-corrected chi connectivity index (χ4v) is 4.83. The number of rotatable bonds is 4. The Hall–Kier alpha value is -3.66. The molecule has 0 bridgehead atoms. The fraction of sp³-hybridized carbons (Fsp3) is 0.214. The largest absolute Gasteiger partial charge is 0.336 e. The molecule has 2 amide bonds. The number of fused-ring (bicyclic) bond motifs is 1. The molecule has 0 saturated heterocycles. The number of para-hydroxylation sites is 1. The molecule has 0 fully saturated rings. The average Bonchev–Trinajstić information content (AvgIpc) is 3.04. The zero-order chi connectivity index (χ0) is 22.2. The van der Waals surface area contributed by atoms with E-state index in [1.54, 1.807) is 0 Å². The minimum absolute atomic E-state index is 0.217. The number of hydrogen-bond donors (Lipinski definition) is 0. The van der Waals surface area contributed by atoms with Gasteiger partial charge in [0, 0.05) is 12.2 Å². The second-order valence-electron chi connectivity index (χ2n) is 8.61. The van der Waals surface area contributed by atoms with Crippen LogP contribution < -0.4 is 4.90 Å². The molecule has 160 valence electrons. The van der Waals surface area contributed by atoms with Crippen molar-refractivity contribution in [2.24, 2.45) is 0 Å². The Morgan fingerprint density at radius 3 is 2.38 bits per heavy atom. The van der Waals surface area contributed by atoms with Gasteiger partial charge < -0.3 is 4.90 Å². The third kappa shape index (κ3) is 3.42. The van der Waals surface area contributed by atoms with Gasteiger partial charge in [0.1, 0.15) is 5.70 Å². The molecule has 2 heterocycles. The number of aryl methyl sites for hydroxylation is 3. The van der Waals surface area contributed by atoms with Gasteiger partial charge in [-0.1, -0.05) is 72.3 Å². The first-order chi connectivity index (χ1) is 15.5. The summed E-state index contributed by atoms with van der Waals surface area (Å²) in [5.74, 6) is -0.436. The summed E-state index contributed by atoms with van der Waals surface area (Å²) in [6.45, 7) is 5.04. The monoisotopic (exact) mass is 422 g/mol. The van der Waals surface area contributed by atoms with Gasteiger partial charge in [-0.3, -0.25) is 14.5 Å². The van der Waals surface area contributed by atoms with Crippen molar-refractivity contribution < 1.29 is 9.59 Å². The van der Waals surface area contributed by atoms with Crippen LogP contribution in [-0.4, -0.2) is 23.3 Å². The van der Waals surface area contributed by atoms with Crippen LogP contribution in [-0.2, 0) is 22.6 Å². The van der Waals surface area contributed by atoms with Crippen LogP contribution in [0.4, 0.5) is 5.69 Å². The van der Waals surface area contributed by atoms with E-state index in [0.717, 1.165) is 47.3 Å². The van der Waals surface area contributed by atoms with Crippen LogP contribution in [0.25, 0.3) is 5.57 Å². The number of benzene rings is 3. The molecule has 4 heteroatoms. The molecule has 2 aliphatic heterocycles. The quantitative estimate of drug-likeness (QED) is 0.554. The number of carbonyl (C=O) groups is 2. The molecule has 0 aliphatic carbocycles. The van der Waals surface area contributed by atoms with Crippen LogP contribution in [0.2, 0.25) is 0 Å². The minimum atomic E-state index is -0.219. The standard InChI is InChI=1S/C28H26N2O2/c1-19-14-15-23(20(2)17-19)25-26(29-16-8-12-22-11-6-7-13-24(22)29)28(32)30(27(25)31)18-21-9-4-3-5-10-21/h3-7,9-11,13-15,17H,8,12,16,18H2,1-2H3. The van der Waals surface area contributed by atoms with Crippen LogP contribution in [0.3, 0.4) is 0 Å². The van der Waals surface area contributed by atoms with Crippen LogP contribution in [0.5, 0.6) is 0 Å². The smallest absolute Gasteiger partial charge is 0.278 e. The summed E-state index contributed by atoms with van der Waals surface area (Å²) in [5, 5.41) is 0. The summed E-state index contributed by atoms with van der Waals surface area (Å²) >= 11 is 0. The Labute approximate surface area is 188 Å². The maximum absolute atomic E-state index is 13.8. The molecule has 0 spiro atoms. The first-order valence-electron chi connectivity index (χ1n) is 11.1. The molecule has 0 atom stereocenters. The zero-order valence-electron chi connectivity index (χ0n) is 18.5. The molecule has 3 aromatic rings. The van der Waals surface area contributed by atoms with E-state index in [0.29, 0.717) is 11.3 Å². The van der Waals surface area contributed by atoms with Crippen molar-refractivity contribution >= 4 is 23.1 Å². The van der Waals surface area contributed by atoms with Gasteiger partial charge in [-0.15, -0.1) is 0 Å². The zero-order valence-corrected chi connectivity index (χ0v) is 18.5. The normalized spacial score (nSPS) is 16.1. The molecule has 2 aliphatic rings. The van der Waals surface area contributed by atoms with E-state index >= 15 is 0 Å². The van der Waals surface area contributed by atoms with E-state index in [9.17, 15) is 9.59 Å². The van der Waals surface area contributed by atoms with Crippen molar-refractivity contribution in [3.8, 4) is 0 Å². The number of imide groups is 1. The maximum atomic E-state index is 13.8. The number of carbonyl (C=O) groups excluding carboxylic acids is 2. The molecule has 0 aromatic heterocycles. The van der Waals surface area contributed by atoms with Gasteiger partial charge in [-0.25, -0.2) is 0 Å². The summed E-state index contributed by atoms with van der Waals surface area (Å²) < 4.78 is 0. The van der Waals surface area contributed by atoms with Crippen molar-refractivity contribution in [2.45, 2.75) is 33.2 Å². The lowest BCUT2D eigenvalue weighted by Gasteiger charge is -2.32. The Balaban J connectivity index is 1.66. The summed E-state index contributed by atoms with van der Waals surface area (Å²) in [6, 6.07) is 24.0. The van der Waals surface area contributed by atoms with Gasteiger partial charge >= 0.3 is 0 Å². The number of amides is 2. The van der Waals surface area contributed by atoms with E-state index in [2.05, 4.69) is 23.1 Å². The van der Waals surface area contributed by atoms with E-state index in [4.69, 9.17) is 0 Å². The Morgan fingerprint density at radius 2 is 1.59 bits per heavy atom. The van der Waals surface area contributed by atoms with Gasteiger partial charge in [0.25, 0.3) is 11.8 Å². The molecule has 0 N–H and O–H groups in total. The molecule has 0 saturated carbocycles. The predicted octanol–water partition coefficient (Wildman–Crippen LogP) is 5.04. The predicted molar refractivity (Wildman–Crippen MR) is 127 cm³/mol. The average molecular weight is 423 g/mol. The highest BCUT2D eigenvalue weighted by Gasteiger charge is 2.43. The third-order valence-electron chi connectivity index (χ3n) is 6.36. The molecule has 0 radical (unpaired) electrons. The van der Waals surface area contributed by atoms with Crippen LogP contribution in [0.15, 0.2) is 78.5 Å². The van der Waals surface area contributed by atoms with Crippen molar-refractivity contribution in [3.63, 3.8) is 0 Å². The number of anilines is 1. The molecule has 3 aromatic carbocycles. The Kier molecular flexibility index (Phi) is 5.14. The second kappa shape index (κ2) is 8.12. The summed E-state index contributed by atoms with van der Waals surface area (Å²) in [6.07, 6.45) is 1.93. The van der Waals surface area contributed by atoms with E-state index in [1.807, 2.05) is 68.4 Å². The van der Waals surface area contributed by atoms with Gasteiger partial charge in [0.15, 0.2) is 0 Å². The minimum Gasteiger partial charge on any atom is -0.336 e. The van der Waals surface area contributed by atoms with Gasteiger partial charge in [-0.05, 0) is 55.0 Å². The first-order valence-corrected chi connectivity index (χ1v) is 11.1. The number of hydrogen-bond acceptors (Lipinski definition) is 3. The molecule has 4 nitrogen and oxygen atoms in total. The van der Waals surface area contributed by atoms with Crippen LogP contribution in [0, 0.1) is 13.8 Å². The van der Waals surface area contributed by atoms with E-state index < -0.39 is 0 Å². The summed E-state index contributed by atoms with van der Waals surface area (Å²) in [7, 11) is 0. The van der Waals surface area contributed by atoms with Gasteiger partial charge in [0.05, 0.1) is 12.1 Å². The summed E-state index contributed by atoms with van der Waals surface area (Å²) in [5.41, 5.74) is 7.18. The first kappa shape index (κ1) is 20.3. The molecule has 0 unspecified atom stereocenters. The third-order valence-corrected chi connectivity index (χ3v) is 6.36. The van der Waals surface area contributed by atoms with Gasteiger partial charge in [0.2, 0.25) is 0 Å². The lowest BCUT2D eigenvalue weighted by molar-refractivity contribution is -0.137. The highest BCUT2D eigenvalue weighted by atomic mass is 16.2. The van der Waals surface area contributed by atoms with E-state index in [-0.39, 0.29) is 18.4 Å².